The van der Waals surface area contributed by atoms with E-state index in [0.29, 0.717) is 12.1 Å². The molecular formula is C12H22N2O2. The fraction of sp³-hybridized carbons (Fsp3) is 0.833. The molecule has 1 aliphatic carbocycles. The first-order valence-electron chi connectivity index (χ1n) is 5.90. The topological polar surface area (TPSA) is 40.6 Å². The Morgan fingerprint density at radius 1 is 0.812 bits per heavy atom. The Labute approximate surface area is 97.6 Å². The van der Waals surface area contributed by atoms with Gasteiger partial charge >= 0.3 is 0 Å². The Morgan fingerprint density at radius 2 is 1.06 bits per heavy atom. The number of nitrogens with zero attached hydrogens (tertiary/aromatic N) is 2. The average molecular weight is 226 g/mol. The summed E-state index contributed by atoms with van der Waals surface area (Å²) in [7, 11) is 3.73. The van der Waals surface area contributed by atoms with Crippen LogP contribution in [-0.2, 0) is 9.59 Å². The van der Waals surface area contributed by atoms with E-state index >= 15 is 0 Å². The van der Waals surface area contributed by atoms with E-state index in [-0.39, 0.29) is 11.8 Å². The Balaban J connectivity index is 2.45. The van der Waals surface area contributed by atoms with Crippen LogP contribution in [0.15, 0.2) is 0 Å². The van der Waals surface area contributed by atoms with Gasteiger partial charge in [0.15, 0.2) is 0 Å². The smallest absolute Gasteiger partial charge is 0.219 e. The van der Waals surface area contributed by atoms with Gasteiger partial charge in [-0.2, -0.15) is 0 Å². The van der Waals surface area contributed by atoms with Crippen molar-refractivity contribution in [2.75, 3.05) is 14.1 Å². The van der Waals surface area contributed by atoms with Gasteiger partial charge in [0, 0.05) is 40.0 Å². The summed E-state index contributed by atoms with van der Waals surface area (Å²) >= 11 is 0. The van der Waals surface area contributed by atoms with E-state index in [4.69, 9.17) is 0 Å². The molecule has 0 saturated heterocycles. The fourth-order valence-corrected chi connectivity index (χ4v) is 2.35. The second-order valence-electron chi connectivity index (χ2n) is 4.72. The second kappa shape index (κ2) is 5.32. The summed E-state index contributed by atoms with van der Waals surface area (Å²) < 4.78 is 0. The maximum Gasteiger partial charge on any atom is 0.219 e. The van der Waals surface area contributed by atoms with E-state index in [1.165, 1.54) is 0 Å². The normalized spacial score (nSPS) is 25.0. The molecular weight excluding hydrogens is 204 g/mol. The van der Waals surface area contributed by atoms with Gasteiger partial charge in [-0.3, -0.25) is 9.59 Å². The zero-order chi connectivity index (χ0) is 12.3. The number of hydrogen-bond donors (Lipinski definition) is 0. The van der Waals surface area contributed by atoms with E-state index in [2.05, 4.69) is 0 Å². The van der Waals surface area contributed by atoms with Crippen LogP contribution in [0.5, 0.6) is 0 Å². The summed E-state index contributed by atoms with van der Waals surface area (Å²) in [6.07, 6.45) is 3.99. The van der Waals surface area contributed by atoms with Crippen molar-refractivity contribution < 1.29 is 9.59 Å². The lowest BCUT2D eigenvalue weighted by Crippen LogP contribution is -2.44. The molecule has 0 bridgehead atoms. The third kappa shape index (κ3) is 2.97. The molecule has 4 nitrogen and oxygen atoms in total. The van der Waals surface area contributed by atoms with Crippen molar-refractivity contribution >= 4 is 11.8 Å². The number of rotatable bonds is 2. The Hall–Kier alpha value is -1.06. The number of carbonyl (C=O) groups is 2. The van der Waals surface area contributed by atoms with Crippen molar-refractivity contribution in [1.29, 1.82) is 0 Å². The van der Waals surface area contributed by atoms with Crippen molar-refractivity contribution in [3.63, 3.8) is 0 Å². The Kier molecular flexibility index (Phi) is 4.33. The molecule has 0 radical (unpaired) electrons. The maximum absolute atomic E-state index is 11.2. The highest BCUT2D eigenvalue weighted by atomic mass is 16.2. The molecule has 1 rings (SSSR count). The molecule has 0 aromatic carbocycles. The molecule has 92 valence electrons. The predicted octanol–water partition coefficient (Wildman–Crippen LogP) is 1.25. The summed E-state index contributed by atoms with van der Waals surface area (Å²) in [5, 5.41) is 0. The zero-order valence-electron chi connectivity index (χ0n) is 10.7. The molecule has 0 aliphatic heterocycles. The van der Waals surface area contributed by atoms with E-state index < -0.39 is 0 Å². The number of carbonyl (C=O) groups excluding carboxylic acids is 2. The SMILES string of the molecule is CC(=O)N(C)C1CCC(N(C)C(C)=O)CC1. The van der Waals surface area contributed by atoms with Gasteiger partial charge in [-0.05, 0) is 25.7 Å². The Bertz CT molecular complexity index is 242. The van der Waals surface area contributed by atoms with Crippen LogP contribution >= 0.6 is 0 Å². The van der Waals surface area contributed by atoms with Crippen LogP contribution in [0, 0.1) is 0 Å². The van der Waals surface area contributed by atoms with Crippen LogP contribution in [-0.4, -0.2) is 47.8 Å². The minimum atomic E-state index is 0.128. The molecule has 0 aromatic heterocycles. The van der Waals surface area contributed by atoms with E-state index in [1.54, 1.807) is 13.8 Å². The lowest BCUT2D eigenvalue weighted by Gasteiger charge is -2.37. The van der Waals surface area contributed by atoms with Crippen LogP contribution in [0.25, 0.3) is 0 Å². The molecule has 1 fully saturated rings. The third-order valence-corrected chi connectivity index (χ3v) is 3.76. The third-order valence-electron chi connectivity index (χ3n) is 3.76. The number of hydrogen-bond acceptors (Lipinski definition) is 2. The minimum Gasteiger partial charge on any atom is -0.343 e. The van der Waals surface area contributed by atoms with Crippen molar-refractivity contribution in [3.8, 4) is 0 Å². The van der Waals surface area contributed by atoms with Gasteiger partial charge in [0.1, 0.15) is 0 Å². The van der Waals surface area contributed by atoms with Crippen LogP contribution in [0.4, 0.5) is 0 Å². The van der Waals surface area contributed by atoms with E-state index in [0.717, 1.165) is 25.7 Å². The highest BCUT2D eigenvalue weighted by molar-refractivity contribution is 5.73. The first-order valence-corrected chi connectivity index (χ1v) is 5.90. The monoisotopic (exact) mass is 226 g/mol. The first kappa shape index (κ1) is 13.0. The lowest BCUT2D eigenvalue weighted by molar-refractivity contribution is -0.133. The lowest BCUT2D eigenvalue weighted by atomic mass is 9.89. The van der Waals surface area contributed by atoms with E-state index in [1.807, 2.05) is 23.9 Å². The molecule has 0 heterocycles. The molecule has 0 N–H and O–H groups in total. The van der Waals surface area contributed by atoms with Crippen LogP contribution in [0.1, 0.15) is 39.5 Å². The van der Waals surface area contributed by atoms with Crippen molar-refractivity contribution in [2.45, 2.75) is 51.6 Å². The first-order chi connectivity index (χ1) is 7.43. The average Bonchev–Trinajstić information content (AvgIpc) is 2.27. The number of amides is 2. The van der Waals surface area contributed by atoms with Gasteiger partial charge < -0.3 is 9.80 Å². The van der Waals surface area contributed by atoms with Crippen LogP contribution in [0.3, 0.4) is 0 Å². The van der Waals surface area contributed by atoms with Gasteiger partial charge in [0.2, 0.25) is 11.8 Å². The minimum absolute atomic E-state index is 0.128. The van der Waals surface area contributed by atoms with Gasteiger partial charge in [0.05, 0.1) is 0 Å². The molecule has 0 spiro atoms. The standard InChI is InChI=1S/C12H22N2O2/c1-9(15)13(3)11-5-7-12(8-6-11)14(4)10(2)16/h11-12H,5-8H2,1-4H3. The highest BCUT2D eigenvalue weighted by Crippen LogP contribution is 2.25. The maximum atomic E-state index is 11.2. The summed E-state index contributed by atoms with van der Waals surface area (Å²) in [6, 6.07) is 0.711. The second-order valence-corrected chi connectivity index (χ2v) is 4.72. The van der Waals surface area contributed by atoms with Crippen LogP contribution in [0.2, 0.25) is 0 Å². The zero-order valence-corrected chi connectivity index (χ0v) is 10.7. The fourth-order valence-electron chi connectivity index (χ4n) is 2.35. The highest BCUT2D eigenvalue weighted by Gasteiger charge is 2.27. The summed E-state index contributed by atoms with van der Waals surface area (Å²) in [4.78, 5) is 26.1. The molecule has 1 aliphatic rings. The molecule has 4 heteroatoms. The molecule has 16 heavy (non-hydrogen) atoms. The summed E-state index contributed by atoms with van der Waals surface area (Å²) in [5.74, 6) is 0.256. The molecule has 2 amide bonds. The van der Waals surface area contributed by atoms with Crippen molar-refractivity contribution in [1.82, 2.24) is 9.80 Å². The van der Waals surface area contributed by atoms with Gasteiger partial charge in [-0.1, -0.05) is 0 Å². The van der Waals surface area contributed by atoms with Gasteiger partial charge in [-0.25, -0.2) is 0 Å². The largest absolute Gasteiger partial charge is 0.343 e. The molecule has 1 saturated carbocycles. The quantitative estimate of drug-likeness (QED) is 0.711. The predicted molar refractivity (Wildman–Crippen MR) is 62.9 cm³/mol. The van der Waals surface area contributed by atoms with Gasteiger partial charge in [-0.15, -0.1) is 0 Å². The molecule has 0 aromatic rings. The Morgan fingerprint density at radius 3 is 1.25 bits per heavy atom. The van der Waals surface area contributed by atoms with Gasteiger partial charge in [0.25, 0.3) is 0 Å². The van der Waals surface area contributed by atoms with Crippen molar-refractivity contribution in [3.05, 3.63) is 0 Å². The van der Waals surface area contributed by atoms with E-state index in [9.17, 15) is 9.59 Å². The summed E-state index contributed by atoms with van der Waals surface area (Å²) in [5.41, 5.74) is 0. The summed E-state index contributed by atoms with van der Waals surface area (Å²) in [6.45, 7) is 3.21. The van der Waals surface area contributed by atoms with Crippen molar-refractivity contribution in [2.24, 2.45) is 0 Å². The molecule has 0 unspecified atom stereocenters. The molecule has 0 atom stereocenters. The van der Waals surface area contributed by atoms with Crippen LogP contribution < -0.4 is 0 Å².